The smallest absolute Gasteiger partial charge is 0.304 e. The monoisotopic (exact) mass is 260 g/mol. The Morgan fingerprint density at radius 2 is 2.00 bits per heavy atom. The zero-order valence-electron chi connectivity index (χ0n) is 11.1. The molecule has 2 atom stereocenters. The van der Waals surface area contributed by atoms with Crippen molar-refractivity contribution in [3.63, 3.8) is 0 Å². The molecule has 3 heteroatoms. The van der Waals surface area contributed by atoms with Crippen molar-refractivity contribution in [3.05, 3.63) is 53.6 Å². The van der Waals surface area contributed by atoms with E-state index >= 15 is 0 Å². The average Bonchev–Trinajstić information content (AvgIpc) is 2.35. The van der Waals surface area contributed by atoms with Crippen LogP contribution in [0.15, 0.2) is 48.1 Å². The van der Waals surface area contributed by atoms with Crippen molar-refractivity contribution >= 4 is 11.5 Å². The summed E-state index contributed by atoms with van der Waals surface area (Å²) < 4.78 is 14.5. The summed E-state index contributed by atoms with van der Waals surface area (Å²) in [4.78, 5) is 10.9. The van der Waals surface area contributed by atoms with Gasteiger partial charge in [-0.25, -0.2) is 4.39 Å². The van der Waals surface area contributed by atoms with Gasteiger partial charge in [0.2, 0.25) is 0 Å². The first kappa shape index (κ1) is 13.5. The van der Waals surface area contributed by atoms with Crippen molar-refractivity contribution in [1.82, 2.24) is 0 Å². The first-order chi connectivity index (χ1) is 8.92. The summed E-state index contributed by atoms with van der Waals surface area (Å²) in [6.45, 7) is 3.25. The van der Waals surface area contributed by atoms with Crippen molar-refractivity contribution in [2.45, 2.75) is 25.9 Å². The molecule has 1 aliphatic carbocycles. The molecule has 1 N–H and O–H groups in total. The predicted octanol–water partition coefficient (Wildman–Crippen LogP) is 3.85. The van der Waals surface area contributed by atoms with Crippen LogP contribution in [0.25, 0.3) is 5.57 Å². The van der Waals surface area contributed by atoms with Crippen molar-refractivity contribution in [1.29, 1.82) is 0 Å². The van der Waals surface area contributed by atoms with Gasteiger partial charge in [-0.3, -0.25) is 4.79 Å². The van der Waals surface area contributed by atoms with Crippen LogP contribution in [0, 0.1) is 5.92 Å². The lowest BCUT2D eigenvalue weighted by Gasteiger charge is -2.32. The van der Waals surface area contributed by atoms with E-state index in [0.29, 0.717) is 0 Å². The molecule has 2 unspecified atom stereocenters. The summed E-state index contributed by atoms with van der Waals surface area (Å²) in [5, 5.41) is 8.96. The highest BCUT2D eigenvalue weighted by atomic mass is 19.1. The van der Waals surface area contributed by atoms with E-state index in [0.717, 1.165) is 16.7 Å². The molecule has 19 heavy (non-hydrogen) atoms. The van der Waals surface area contributed by atoms with Crippen LogP contribution >= 0.6 is 0 Å². The fourth-order valence-electron chi connectivity index (χ4n) is 2.57. The van der Waals surface area contributed by atoms with E-state index in [-0.39, 0.29) is 6.42 Å². The summed E-state index contributed by atoms with van der Waals surface area (Å²) in [7, 11) is 0. The number of benzene rings is 1. The van der Waals surface area contributed by atoms with Crippen LogP contribution in [0.5, 0.6) is 0 Å². The number of rotatable bonds is 3. The van der Waals surface area contributed by atoms with Gasteiger partial charge in [-0.05, 0) is 31.1 Å². The van der Waals surface area contributed by atoms with Gasteiger partial charge in [0.1, 0.15) is 5.67 Å². The van der Waals surface area contributed by atoms with Crippen LogP contribution in [-0.2, 0) is 4.79 Å². The lowest BCUT2D eigenvalue weighted by atomic mass is 9.75. The molecule has 100 valence electrons. The van der Waals surface area contributed by atoms with E-state index in [9.17, 15) is 9.18 Å². The van der Waals surface area contributed by atoms with Crippen LogP contribution in [0.3, 0.4) is 0 Å². The topological polar surface area (TPSA) is 37.3 Å². The van der Waals surface area contributed by atoms with Crippen LogP contribution in [0.1, 0.15) is 25.8 Å². The normalized spacial score (nSPS) is 26.6. The molecule has 2 nitrogen and oxygen atoms in total. The third-order valence-electron chi connectivity index (χ3n) is 3.67. The molecule has 1 aliphatic rings. The molecule has 0 bridgehead atoms. The Balaban J connectivity index is 2.45. The summed E-state index contributed by atoms with van der Waals surface area (Å²) in [6.07, 6.45) is 3.03. The highest BCUT2D eigenvalue weighted by Crippen LogP contribution is 2.41. The Morgan fingerprint density at radius 1 is 1.37 bits per heavy atom. The van der Waals surface area contributed by atoms with Gasteiger partial charge in [-0.15, -0.1) is 0 Å². The molecule has 0 amide bonds. The van der Waals surface area contributed by atoms with E-state index in [4.69, 9.17) is 5.11 Å². The number of hydrogen-bond donors (Lipinski definition) is 1. The number of aliphatic carboxylic acids is 1. The van der Waals surface area contributed by atoms with Gasteiger partial charge >= 0.3 is 5.97 Å². The van der Waals surface area contributed by atoms with Crippen molar-refractivity contribution < 1.29 is 14.3 Å². The fourth-order valence-corrected chi connectivity index (χ4v) is 2.57. The number of hydrogen-bond acceptors (Lipinski definition) is 1. The SMILES string of the molecule is CC1=C(c2ccccc2)C=CC(C)(F)C1CC(=O)O. The molecule has 1 aromatic carbocycles. The van der Waals surface area contributed by atoms with E-state index in [1.54, 1.807) is 6.08 Å². The molecule has 0 saturated heterocycles. The first-order valence-electron chi connectivity index (χ1n) is 6.28. The third kappa shape index (κ3) is 2.75. The lowest BCUT2D eigenvalue weighted by molar-refractivity contribution is -0.138. The van der Waals surface area contributed by atoms with E-state index in [1.807, 2.05) is 37.3 Å². The Labute approximate surface area is 112 Å². The van der Waals surface area contributed by atoms with Crippen molar-refractivity contribution in [2.24, 2.45) is 5.92 Å². The fraction of sp³-hybridized carbons (Fsp3) is 0.312. The second-order valence-corrected chi connectivity index (χ2v) is 5.10. The minimum atomic E-state index is -1.61. The van der Waals surface area contributed by atoms with Gasteiger partial charge in [0.05, 0.1) is 6.42 Å². The molecule has 0 aliphatic heterocycles. The number of alkyl halides is 1. The molecule has 0 aromatic heterocycles. The number of carboxylic acid groups (broad SMARTS) is 1. The van der Waals surface area contributed by atoms with Crippen molar-refractivity contribution in [3.8, 4) is 0 Å². The van der Waals surface area contributed by atoms with Crippen LogP contribution in [-0.4, -0.2) is 16.7 Å². The molecular formula is C16H17FO2. The third-order valence-corrected chi connectivity index (χ3v) is 3.67. The number of carboxylic acids is 1. The molecule has 0 spiro atoms. The zero-order valence-corrected chi connectivity index (χ0v) is 11.1. The van der Waals surface area contributed by atoms with Crippen LogP contribution in [0.4, 0.5) is 4.39 Å². The quantitative estimate of drug-likeness (QED) is 0.896. The molecule has 0 saturated carbocycles. The molecule has 0 heterocycles. The average molecular weight is 260 g/mol. The predicted molar refractivity (Wildman–Crippen MR) is 73.4 cm³/mol. The largest absolute Gasteiger partial charge is 0.481 e. The number of allylic oxidation sites excluding steroid dienone is 4. The minimum Gasteiger partial charge on any atom is -0.481 e. The van der Waals surface area contributed by atoms with Gasteiger partial charge in [0.25, 0.3) is 0 Å². The molecular weight excluding hydrogens is 243 g/mol. The van der Waals surface area contributed by atoms with E-state index in [1.165, 1.54) is 13.0 Å². The lowest BCUT2D eigenvalue weighted by Crippen LogP contribution is -2.33. The minimum absolute atomic E-state index is 0.195. The van der Waals surface area contributed by atoms with Gasteiger partial charge in [-0.2, -0.15) is 0 Å². The second-order valence-electron chi connectivity index (χ2n) is 5.10. The summed E-state index contributed by atoms with van der Waals surface area (Å²) >= 11 is 0. The van der Waals surface area contributed by atoms with Crippen molar-refractivity contribution in [2.75, 3.05) is 0 Å². The Hall–Kier alpha value is -1.90. The standard InChI is InChI=1S/C16H17FO2/c1-11-13(12-6-4-3-5-7-12)8-9-16(2,17)14(11)10-15(18)19/h3-9,14H,10H2,1-2H3,(H,18,19). The van der Waals surface area contributed by atoms with Gasteiger partial charge < -0.3 is 5.11 Å². The van der Waals surface area contributed by atoms with Gasteiger partial charge in [0, 0.05) is 5.92 Å². The Morgan fingerprint density at radius 3 is 2.58 bits per heavy atom. The maximum absolute atomic E-state index is 14.5. The number of halogens is 1. The maximum atomic E-state index is 14.5. The molecule has 0 radical (unpaired) electrons. The molecule has 0 fully saturated rings. The van der Waals surface area contributed by atoms with Gasteiger partial charge in [0.15, 0.2) is 0 Å². The maximum Gasteiger partial charge on any atom is 0.304 e. The zero-order chi connectivity index (χ0) is 14.0. The first-order valence-corrected chi connectivity index (χ1v) is 6.28. The van der Waals surface area contributed by atoms with E-state index in [2.05, 4.69) is 0 Å². The van der Waals surface area contributed by atoms with Crippen LogP contribution in [0.2, 0.25) is 0 Å². The van der Waals surface area contributed by atoms with Gasteiger partial charge in [-0.1, -0.05) is 42.0 Å². The Bertz CT molecular complexity index is 541. The Kier molecular flexibility index (Phi) is 3.56. The van der Waals surface area contributed by atoms with E-state index < -0.39 is 17.6 Å². The summed E-state index contributed by atoms with van der Waals surface area (Å²) in [5.74, 6) is -1.60. The second kappa shape index (κ2) is 5.00. The highest BCUT2D eigenvalue weighted by molar-refractivity contribution is 5.79. The molecule has 1 aromatic rings. The molecule has 2 rings (SSSR count). The summed E-state index contributed by atoms with van der Waals surface area (Å²) in [6, 6.07) is 9.64. The number of carbonyl (C=O) groups is 1. The van der Waals surface area contributed by atoms with Crippen LogP contribution < -0.4 is 0 Å². The highest BCUT2D eigenvalue weighted by Gasteiger charge is 2.38. The summed E-state index contributed by atoms with van der Waals surface area (Å²) in [5.41, 5.74) is 1.09.